The lowest BCUT2D eigenvalue weighted by Gasteiger charge is -2.12. The van der Waals surface area contributed by atoms with Gasteiger partial charge < -0.3 is 10.1 Å². The molecular weight excluding hydrogens is 288 g/mol. The Kier molecular flexibility index (Phi) is 6.67. The molecular formula is C20H24FNO. The van der Waals surface area contributed by atoms with E-state index in [-0.39, 0.29) is 12.6 Å². The van der Waals surface area contributed by atoms with Gasteiger partial charge in [0.05, 0.1) is 13.3 Å². The van der Waals surface area contributed by atoms with Gasteiger partial charge in [0.15, 0.2) is 0 Å². The second-order valence-corrected chi connectivity index (χ2v) is 5.51. The first-order valence-electron chi connectivity index (χ1n) is 8.00. The van der Waals surface area contributed by atoms with Crippen LogP contribution in [0.1, 0.15) is 24.5 Å². The molecule has 0 radical (unpaired) electrons. The molecule has 2 aromatic carbocycles. The van der Waals surface area contributed by atoms with E-state index in [1.807, 2.05) is 50.4 Å². The number of ether oxygens (including phenoxy) is 1. The number of hydrogen-bond acceptors (Lipinski definition) is 2. The zero-order chi connectivity index (χ0) is 16.5. The highest BCUT2D eigenvalue weighted by atomic mass is 18.2. The van der Waals surface area contributed by atoms with E-state index in [9.17, 15) is 4.39 Å². The SMILES string of the molecule is CCC(C[18F])COc1ccc(/C=C/c2ccc(NC)cc2)cc1. The Hall–Kier alpha value is -2.29. The van der Waals surface area contributed by atoms with E-state index in [0.717, 1.165) is 29.0 Å². The van der Waals surface area contributed by atoms with Crippen LogP contribution in [0.15, 0.2) is 48.5 Å². The van der Waals surface area contributed by atoms with E-state index in [1.165, 1.54) is 0 Å². The van der Waals surface area contributed by atoms with Crippen LogP contribution in [-0.4, -0.2) is 20.3 Å². The van der Waals surface area contributed by atoms with Gasteiger partial charge in [0.25, 0.3) is 0 Å². The molecule has 0 amide bonds. The van der Waals surface area contributed by atoms with Crippen molar-refractivity contribution in [3.05, 3.63) is 59.7 Å². The molecule has 0 saturated carbocycles. The number of hydrogen-bond donors (Lipinski definition) is 1. The Morgan fingerprint density at radius 2 is 1.57 bits per heavy atom. The van der Waals surface area contributed by atoms with Gasteiger partial charge in [0.2, 0.25) is 0 Å². The molecule has 2 rings (SSSR count). The third kappa shape index (κ3) is 5.44. The minimum Gasteiger partial charge on any atom is -0.493 e. The monoisotopic (exact) mass is 312 g/mol. The molecule has 1 atom stereocenters. The number of rotatable bonds is 8. The fourth-order valence-electron chi connectivity index (χ4n) is 2.11. The summed E-state index contributed by atoms with van der Waals surface area (Å²) in [6.45, 7) is 2.08. The third-order valence-corrected chi connectivity index (χ3v) is 3.83. The Labute approximate surface area is 138 Å². The van der Waals surface area contributed by atoms with Crippen molar-refractivity contribution >= 4 is 17.8 Å². The van der Waals surface area contributed by atoms with Crippen molar-refractivity contribution in [2.45, 2.75) is 13.3 Å². The number of benzene rings is 2. The normalized spacial score (nSPS) is 12.3. The molecule has 0 spiro atoms. The Morgan fingerprint density at radius 1 is 1.00 bits per heavy atom. The molecule has 0 aromatic heterocycles. The smallest absolute Gasteiger partial charge is 0.119 e. The summed E-state index contributed by atoms with van der Waals surface area (Å²) in [5.41, 5.74) is 3.35. The first-order chi connectivity index (χ1) is 11.2. The molecule has 0 aliphatic rings. The molecule has 23 heavy (non-hydrogen) atoms. The van der Waals surface area contributed by atoms with E-state index in [2.05, 4.69) is 29.6 Å². The fraction of sp³-hybridized carbons (Fsp3) is 0.300. The number of alkyl halides is 1. The van der Waals surface area contributed by atoms with Crippen LogP contribution in [0.4, 0.5) is 10.1 Å². The summed E-state index contributed by atoms with van der Waals surface area (Å²) in [5, 5.41) is 3.10. The molecule has 0 aliphatic carbocycles. The molecule has 0 saturated heterocycles. The highest BCUT2D eigenvalue weighted by Gasteiger charge is 2.06. The summed E-state index contributed by atoms with van der Waals surface area (Å²) in [7, 11) is 1.91. The summed E-state index contributed by atoms with van der Waals surface area (Å²) < 4.78 is 18.3. The third-order valence-electron chi connectivity index (χ3n) is 3.83. The summed E-state index contributed by atoms with van der Waals surface area (Å²) in [5.74, 6) is 0.766. The van der Waals surface area contributed by atoms with Crippen LogP contribution in [0, 0.1) is 5.92 Å². The number of halogens is 1. The maximum atomic E-state index is 12.6. The minimum absolute atomic E-state index is 0.0184. The van der Waals surface area contributed by atoms with Gasteiger partial charge in [-0.2, -0.15) is 0 Å². The highest BCUT2D eigenvalue weighted by Crippen LogP contribution is 2.17. The van der Waals surface area contributed by atoms with Crippen LogP contribution >= 0.6 is 0 Å². The predicted octanol–water partition coefficient (Wildman–Crippen LogP) is 5.27. The zero-order valence-electron chi connectivity index (χ0n) is 13.8. The molecule has 0 heterocycles. The molecule has 0 aliphatic heterocycles. The predicted molar refractivity (Wildman–Crippen MR) is 96.6 cm³/mol. The molecule has 122 valence electrons. The van der Waals surface area contributed by atoms with Crippen molar-refractivity contribution in [1.82, 2.24) is 0 Å². The Morgan fingerprint density at radius 3 is 2.04 bits per heavy atom. The molecule has 0 fully saturated rings. The van der Waals surface area contributed by atoms with Crippen molar-refractivity contribution in [2.24, 2.45) is 5.92 Å². The van der Waals surface area contributed by atoms with Gasteiger partial charge in [-0.1, -0.05) is 43.3 Å². The second kappa shape index (κ2) is 8.99. The van der Waals surface area contributed by atoms with Crippen LogP contribution < -0.4 is 10.1 Å². The van der Waals surface area contributed by atoms with E-state index in [1.54, 1.807) is 0 Å². The van der Waals surface area contributed by atoms with E-state index in [4.69, 9.17) is 4.74 Å². The van der Waals surface area contributed by atoms with Crippen molar-refractivity contribution < 1.29 is 9.13 Å². The maximum absolute atomic E-state index is 12.6. The second-order valence-electron chi connectivity index (χ2n) is 5.51. The first-order valence-corrected chi connectivity index (χ1v) is 8.00. The van der Waals surface area contributed by atoms with Crippen LogP contribution in [-0.2, 0) is 0 Å². The van der Waals surface area contributed by atoms with Gasteiger partial charge in [-0.05, 0) is 41.8 Å². The highest BCUT2D eigenvalue weighted by molar-refractivity contribution is 5.70. The molecule has 2 nitrogen and oxygen atoms in total. The lowest BCUT2D eigenvalue weighted by molar-refractivity contribution is 0.212. The average Bonchev–Trinajstić information content (AvgIpc) is 2.62. The van der Waals surface area contributed by atoms with Gasteiger partial charge in [0, 0.05) is 18.7 Å². The van der Waals surface area contributed by atoms with Gasteiger partial charge in [-0.15, -0.1) is 0 Å². The summed E-state index contributed by atoms with van der Waals surface area (Å²) in [4.78, 5) is 0. The van der Waals surface area contributed by atoms with Crippen molar-refractivity contribution in [1.29, 1.82) is 0 Å². The van der Waals surface area contributed by atoms with Gasteiger partial charge in [-0.3, -0.25) is 4.39 Å². The quantitative estimate of drug-likeness (QED) is 0.670. The fourth-order valence-corrected chi connectivity index (χ4v) is 2.11. The van der Waals surface area contributed by atoms with Gasteiger partial charge >= 0.3 is 0 Å². The summed E-state index contributed by atoms with van der Waals surface area (Å²) >= 11 is 0. The Bertz CT molecular complexity index is 601. The molecule has 1 N–H and O–H groups in total. The lowest BCUT2D eigenvalue weighted by Crippen LogP contribution is -2.12. The van der Waals surface area contributed by atoms with Crippen molar-refractivity contribution in [3.63, 3.8) is 0 Å². The van der Waals surface area contributed by atoms with Gasteiger partial charge in [-0.25, -0.2) is 0 Å². The molecule has 2 aromatic rings. The van der Waals surface area contributed by atoms with E-state index >= 15 is 0 Å². The summed E-state index contributed by atoms with van der Waals surface area (Å²) in [6, 6.07) is 16.1. The standard InChI is InChI=1S/C20H24FNO/c1-3-16(14-21)15-23-20-12-8-18(9-13-20)5-4-17-6-10-19(22-2)11-7-17/h4-13,16,22H,3,14-15H2,1-2H3/b5-4+/i21-1. The van der Waals surface area contributed by atoms with Crippen LogP contribution in [0.3, 0.4) is 0 Å². The topological polar surface area (TPSA) is 21.3 Å². The van der Waals surface area contributed by atoms with Gasteiger partial charge in [0.1, 0.15) is 5.75 Å². The molecule has 1 unspecified atom stereocenters. The molecule has 3 heteroatoms. The van der Waals surface area contributed by atoms with Crippen molar-refractivity contribution in [2.75, 3.05) is 25.6 Å². The van der Waals surface area contributed by atoms with Crippen LogP contribution in [0.25, 0.3) is 12.2 Å². The van der Waals surface area contributed by atoms with Crippen LogP contribution in [0.5, 0.6) is 5.75 Å². The lowest BCUT2D eigenvalue weighted by atomic mass is 10.1. The molecule has 0 bridgehead atoms. The van der Waals surface area contributed by atoms with Crippen LogP contribution in [0.2, 0.25) is 0 Å². The van der Waals surface area contributed by atoms with E-state index in [0.29, 0.717) is 6.61 Å². The number of anilines is 1. The maximum Gasteiger partial charge on any atom is 0.119 e. The number of nitrogens with one attached hydrogen (secondary N) is 1. The first kappa shape index (κ1) is 17.1. The zero-order valence-corrected chi connectivity index (χ0v) is 13.8. The average molecular weight is 312 g/mol. The van der Waals surface area contributed by atoms with Crippen molar-refractivity contribution in [3.8, 4) is 5.75 Å². The Balaban J connectivity index is 1.92. The largest absolute Gasteiger partial charge is 0.493 e. The minimum atomic E-state index is -0.330. The summed E-state index contributed by atoms with van der Waals surface area (Å²) in [6.07, 6.45) is 4.93. The van der Waals surface area contributed by atoms with E-state index < -0.39 is 0 Å².